The van der Waals surface area contributed by atoms with E-state index in [4.69, 9.17) is 27.9 Å². The van der Waals surface area contributed by atoms with Crippen molar-refractivity contribution >= 4 is 35.6 Å². The Hall–Kier alpha value is -0.150. The van der Waals surface area contributed by atoms with Gasteiger partial charge in [0, 0.05) is 17.6 Å². The van der Waals surface area contributed by atoms with Crippen LogP contribution in [0.15, 0.2) is 18.2 Å². The second-order valence-electron chi connectivity index (χ2n) is 2.78. The van der Waals surface area contributed by atoms with Crippen LogP contribution in [0.4, 0.5) is 0 Å². The summed E-state index contributed by atoms with van der Waals surface area (Å²) in [4.78, 5) is 0. The zero-order valence-corrected chi connectivity index (χ0v) is 10.8. The molecule has 2 nitrogen and oxygen atoms in total. The second-order valence-corrected chi connectivity index (χ2v) is 3.62. The van der Waals surface area contributed by atoms with E-state index in [9.17, 15) is 0 Å². The third-order valence-electron chi connectivity index (χ3n) is 1.68. The summed E-state index contributed by atoms with van der Waals surface area (Å²) in [5, 5.41) is 4.37. The van der Waals surface area contributed by atoms with Crippen molar-refractivity contribution in [2.75, 3.05) is 19.7 Å². The normalized spacial score (nSPS) is 9.53. The van der Waals surface area contributed by atoms with Crippen LogP contribution < -0.4 is 10.1 Å². The predicted molar refractivity (Wildman–Crippen MR) is 67.7 cm³/mol. The quantitative estimate of drug-likeness (QED) is 0.828. The molecule has 0 heterocycles. The molecular formula is C10H14Cl3NO. The summed E-state index contributed by atoms with van der Waals surface area (Å²) in [7, 11) is 0. The average Bonchev–Trinajstić information content (AvgIpc) is 2.18. The Morgan fingerprint density at radius 1 is 1.33 bits per heavy atom. The maximum Gasteiger partial charge on any atom is 0.139 e. The average molecular weight is 271 g/mol. The zero-order chi connectivity index (χ0) is 10.4. The van der Waals surface area contributed by atoms with Gasteiger partial charge in [0.25, 0.3) is 0 Å². The van der Waals surface area contributed by atoms with Gasteiger partial charge in [0.05, 0.1) is 5.02 Å². The highest BCUT2D eigenvalue weighted by Gasteiger charge is 2.01. The molecule has 15 heavy (non-hydrogen) atoms. The van der Waals surface area contributed by atoms with Gasteiger partial charge in [0.2, 0.25) is 0 Å². The summed E-state index contributed by atoms with van der Waals surface area (Å²) >= 11 is 11.7. The van der Waals surface area contributed by atoms with Crippen molar-refractivity contribution in [3.8, 4) is 5.75 Å². The SMILES string of the molecule is CCNCCOc1cc(Cl)ccc1Cl.Cl. The Bertz CT molecular complexity index is 294. The Morgan fingerprint density at radius 2 is 2.07 bits per heavy atom. The molecule has 0 aliphatic carbocycles. The Labute approximate surface area is 106 Å². The van der Waals surface area contributed by atoms with E-state index in [1.165, 1.54) is 0 Å². The summed E-state index contributed by atoms with van der Waals surface area (Å²) in [6.07, 6.45) is 0. The van der Waals surface area contributed by atoms with Crippen molar-refractivity contribution in [3.63, 3.8) is 0 Å². The Balaban J connectivity index is 0.00000196. The van der Waals surface area contributed by atoms with Crippen LogP contribution in [-0.2, 0) is 0 Å². The molecule has 1 rings (SSSR count). The molecule has 86 valence electrons. The van der Waals surface area contributed by atoms with E-state index in [0.717, 1.165) is 13.1 Å². The molecule has 0 fully saturated rings. The fraction of sp³-hybridized carbons (Fsp3) is 0.400. The molecule has 5 heteroatoms. The first kappa shape index (κ1) is 14.8. The predicted octanol–water partition coefficient (Wildman–Crippen LogP) is 3.40. The van der Waals surface area contributed by atoms with Crippen LogP contribution in [0.3, 0.4) is 0 Å². The lowest BCUT2D eigenvalue weighted by atomic mass is 10.3. The summed E-state index contributed by atoms with van der Waals surface area (Å²) < 4.78 is 5.44. The molecule has 0 aliphatic heterocycles. The van der Waals surface area contributed by atoms with E-state index in [1.807, 2.05) is 6.92 Å². The number of ether oxygens (including phenoxy) is 1. The second kappa shape index (κ2) is 8.05. The fourth-order valence-corrected chi connectivity index (χ4v) is 1.33. The van der Waals surface area contributed by atoms with Gasteiger partial charge in [-0.05, 0) is 18.7 Å². The lowest BCUT2D eigenvalue weighted by molar-refractivity contribution is 0.315. The summed E-state index contributed by atoms with van der Waals surface area (Å²) in [6.45, 7) is 4.38. The van der Waals surface area contributed by atoms with Gasteiger partial charge in [-0.2, -0.15) is 0 Å². The van der Waals surface area contributed by atoms with Gasteiger partial charge in [0.1, 0.15) is 12.4 Å². The van der Waals surface area contributed by atoms with Gasteiger partial charge in [-0.15, -0.1) is 12.4 Å². The van der Waals surface area contributed by atoms with Gasteiger partial charge in [-0.1, -0.05) is 30.1 Å². The van der Waals surface area contributed by atoms with Gasteiger partial charge < -0.3 is 10.1 Å². The number of benzene rings is 1. The number of nitrogens with one attached hydrogen (secondary N) is 1. The van der Waals surface area contributed by atoms with Crippen LogP contribution in [0.1, 0.15) is 6.92 Å². The standard InChI is InChI=1S/C10H13Cl2NO.ClH/c1-2-13-5-6-14-10-7-8(11)3-4-9(10)12;/h3-4,7,13H,2,5-6H2,1H3;1H. The lowest BCUT2D eigenvalue weighted by Gasteiger charge is -2.08. The zero-order valence-electron chi connectivity index (χ0n) is 8.43. The number of halogens is 3. The van der Waals surface area contributed by atoms with E-state index >= 15 is 0 Å². The maximum atomic E-state index is 5.90. The van der Waals surface area contributed by atoms with Crippen molar-refractivity contribution in [1.29, 1.82) is 0 Å². The summed E-state index contributed by atoms with van der Waals surface area (Å²) in [5.74, 6) is 0.636. The van der Waals surface area contributed by atoms with Crippen LogP contribution in [-0.4, -0.2) is 19.7 Å². The van der Waals surface area contributed by atoms with Crippen LogP contribution in [0, 0.1) is 0 Å². The van der Waals surface area contributed by atoms with Gasteiger partial charge >= 0.3 is 0 Å². The molecule has 0 saturated heterocycles. The molecule has 0 unspecified atom stereocenters. The monoisotopic (exact) mass is 269 g/mol. The minimum atomic E-state index is 0. The van der Waals surface area contributed by atoms with Gasteiger partial charge in [0.15, 0.2) is 0 Å². The minimum Gasteiger partial charge on any atom is -0.491 e. The Kier molecular flexibility index (Phi) is 7.97. The fourth-order valence-electron chi connectivity index (χ4n) is 0.998. The van der Waals surface area contributed by atoms with Crippen molar-refractivity contribution in [2.45, 2.75) is 6.92 Å². The largest absolute Gasteiger partial charge is 0.491 e. The van der Waals surface area contributed by atoms with Crippen LogP contribution >= 0.6 is 35.6 Å². The number of hydrogen-bond donors (Lipinski definition) is 1. The van der Waals surface area contributed by atoms with Crippen LogP contribution in [0.5, 0.6) is 5.75 Å². The van der Waals surface area contributed by atoms with E-state index in [1.54, 1.807) is 18.2 Å². The number of rotatable bonds is 5. The molecule has 1 N–H and O–H groups in total. The van der Waals surface area contributed by atoms with E-state index in [2.05, 4.69) is 5.32 Å². The highest BCUT2D eigenvalue weighted by Crippen LogP contribution is 2.27. The van der Waals surface area contributed by atoms with Crippen molar-refractivity contribution < 1.29 is 4.74 Å². The molecule has 0 saturated carbocycles. The molecule has 1 aromatic carbocycles. The van der Waals surface area contributed by atoms with Crippen molar-refractivity contribution in [1.82, 2.24) is 5.32 Å². The van der Waals surface area contributed by atoms with Crippen LogP contribution in [0.2, 0.25) is 10.0 Å². The molecule has 0 radical (unpaired) electrons. The summed E-state index contributed by atoms with van der Waals surface area (Å²) in [6, 6.07) is 5.18. The minimum absolute atomic E-state index is 0. The first-order valence-electron chi connectivity index (χ1n) is 4.52. The van der Waals surface area contributed by atoms with E-state index in [-0.39, 0.29) is 12.4 Å². The van der Waals surface area contributed by atoms with E-state index < -0.39 is 0 Å². The molecule has 0 aliphatic rings. The van der Waals surface area contributed by atoms with Crippen molar-refractivity contribution in [2.24, 2.45) is 0 Å². The first-order chi connectivity index (χ1) is 6.74. The van der Waals surface area contributed by atoms with Gasteiger partial charge in [-0.25, -0.2) is 0 Å². The highest BCUT2D eigenvalue weighted by atomic mass is 35.5. The maximum absolute atomic E-state index is 5.90. The molecular weight excluding hydrogens is 256 g/mol. The number of hydrogen-bond acceptors (Lipinski definition) is 2. The highest BCUT2D eigenvalue weighted by molar-refractivity contribution is 6.34. The third-order valence-corrected chi connectivity index (χ3v) is 2.23. The smallest absolute Gasteiger partial charge is 0.139 e. The molecule has 0 amide bonds. The molecule has 0 atom stereocenters. The third kappa shape index (κ3) is 5.47. The van der Waals surface area contributed by atoms with Gasteiger partial charge in [-0.3, -0.25) is 0 Å². The molecule has 1 aromatic rings. The van der Waals surface area contributed by atoms with E-state index in [0.29, 0.717) is 22.4 Å². The molecule has 0 spiro atoms. The molecule has 0 bridgehead atoms. The lowest BCUT2D eigenvalue weighted by Crippen LogP contribution is -2.20. The Morgan fingerprint density at radius 3 is 2.73 bits per heavy atom. The topological polar surface area (TPSA) is 21.3 Å². The van der Waals surface area contributed by atoms with Crippen molar-refractivity contribution in [3.05, 3.63) is 28.2 Å². The first-order valence-corrected chi connectivity index (χ1v) is 5.28. The number of likely N-dealkylation sites (N-methyl/N-ethyl adjacent to an activating group) is 1. The van der Waals surface area contributed by atoms with Crippen LogP contribution in [0.25, 0.3) is 0 Å². The molecule has 0 aromatic heterocycles. The summed E-state index contributed by atoms with van der Waals surface area (Å²) in [5.41, 5.74) is 0.